The summed E-state index contributed by atoms with van der Waals surface area (Å²) in [4.78, 5) is 12.1. The van der Waals surface area contributed by atoms with Crippen molar-refractivity contribution < 1.29 is 14.0 Å². The van der Waals surface area contributed by atoms with Gasteiger partial charge in [0.1, 0.15) is 5.60 Å². The molecule has 0 bridgehead atoms. The summed E-state index contributed by atoms with van der Waals surface area (Å²) in [6.45, 7) is 15.1. The van der Waals surface area contributed by atoms with Gasteiger partial charge in [-0.3, -0.25) is 0 Å². The van der Waals surface area contributed by atoms with Crippen molar-refractivity contribution >= 4 is 14.3 Å². The van der Waals surface area contributed by atoms with Crippen LogP contribution in [0.25, 0.3) is 0 Å². The summed E-state index contributed by atoms with van der Waals surface area (Å²) in [6.07, 6.45) is 7.52. The number of ether oxygens (including phenoxy) is 1. The molecule has 0 aromatic rings. The van der Waals surface area contributed by atoms with Crippen LogP contribution in [0.3, 0.4) is 0 Å². The maximum absolute atomic E-state index is 12.1. The average molecular weight is 352 g/mol. The Morgan fingerprint density at radius 3 is 2.12 bits per heavy atom. The van der Waals surface area contributed by atoms with Gasteiger partial charge in [0.25, 0.3) is 0 Å². The molecular weight excluding hydrogens is 318 g/mol. The Hall–Kier alpha value is -1.12. The Morgan fingerprint density at radius 1 is 1.12 bits per heavy atom. The fourth-order valence-corrected chi connectivity index (χ4v) is 4.81. The third-order valence-corrected chi connectivity index (χ3v) is 10.2. The zero-order valence-electron chi connectivity index (χ0n) is 16.4. The lowest BCUT2D eigenvalue weighted by Gasteiger charge is -2.53. The smallest absolute Gasteiger partial charge is 0.332 e. The highest BCUT2D eigenvalue weighted by molar-refractivity contribution is 6.74. The van der Waals surface area contributed by atoms with E-state index in [2.05, 4.69) is 33.9 Å². The fourth-order valence-electron chi connectivity index (χ4n) is 3.08. The monoisotopic (exact) mass is 351 g/mol. The van der Waals surface area contributed by atoms with Gasteiger partial charge < -0.3 is 9.16 Å². The van der Waals surface area contributed by atoms with Crippen LogP contribution in [-0.4, -0.2) is 25.5 Å². The number of hydrogen-bond acceptors (Lipinski definition) is 4. The number of nitrogens with zero attached hydrogens (tertiary/aromatic N) is 1. The largest absolute Gasteiger partial charge is 0.453 e. The first kappa shape index (κ1) is 20.9. The van der Waals surface area contributed by atoms with Crippen molar-refractivity contribution in [2.75, 3.05) is 0 Å². The van der Waals surface area contributed by atoms with Gasteiger partial charge in [-0.2, -0.15) is 5.26 Å². The standard InChI is InChI=1S/C19H33NO3Si/c1-17(2,3)24(6,7)23-19(13-9-8-10-14-19)18(4,5)22-16(21)12-11-15-20/h11-12H,8-10,13-14H2,1-7H3. The molecule has 0 N–H and O–H groups in total. The number of carbonyl (C=O) groups is 1. The second-order valence-electron chi connectivity index (χ2n) is 8.81. The van der Waals surface area contributed by atoms with E-state index in [1.165, 1.54) is 12.5 Å². The third-order valence-electron chi connectivity index (χ3n) is 5.66. The average Bonchev–Trinajstić information content (AvgIpc) is 2.43. The third kappa shape index (κ3) is 4.70. The Labute approximate surface area is 148 Å². The molecule has 1 aliphatic rings. The van der Waals surface area contributed by atoms with Gasteiger partial charge in [0.05, 0.1) is 11.7 Å². The van der Waals surface area contributed by atoms with Gasteiger partial charge in [0.2, 0.25) is 0 Å². The Balaban J connectivity index is 3.13. The highest BCUT2D eigenvalue weighted by Crippen LogP contribution is 2.48. The second kappa shape index (κ2) is 7.41. The van der Waals surface area contributed by atoms with E-state index in [9.17, 15) is 4.79 Å². The predicted octanol–water partition coefficient (Wildman–Crippen LogP) is 5.11. The van der Waals surface area contributed by atoms with E-state index in [-0.39, 0.29) is 5.04 Å². The molecule has 0 spiro atoms. The highest BCUT2D eigenvalue weighted by atomic mass is 28.4. The normalized spacial score (nSPS) is 19.1. The number of esters is 1. The van der Waals surface area contributed by atoms with Crippen LogP contribution in [0.1, 0.15) is 66.7 Å². The molecule has 0 heterocycles. The van der Waals surface area contributed by atoms with E-state index in [1.807, 2.05) is 19.9 Å². The summed E-state index contributed by atoms with van der Waals surface area (Å²) in [5.41, 5.74) is -1.19. The van der Waals surface area contributed by atoms with Crippen LogP contribution in [0.15, 0.2) is 12.2 Å². The molecular formula is C19H33NO3Si. The van der Waals surface area contributed by atoms with Crippen LogP contribution in [0.2, 0.25) is 18.1 Å². The molecule has 1 saturated carbocycles. The maximum atomic E-state index is 12.1. The molecule has 0 radical (unpaired) electrons. The first-order valence-corrected chi connectivity index (χ1v) is 11.8. The molecule has 1 aliphatic carbocycles. The second-order valence-corrected chi connectivity index (χ2v) is 13.5. The molecule has 0 amide bonds. The SMILES string of the molecule is CC(C)(OC(=O)C=CC#N)C1(O[Si](C)(C)C(C)(C)C)CCCCC1. The number of allylic oxidation sites excluding steroid dienone is 1. The molecule has 1 fully saturated rings. The minimum Gasteiger partial charge on any atom is -0.453 e. The van der Waals surface area contributed by atoms with Gasteiger partial charge in [-0.05, 0) is 44.8 Å². The Morgan fingerprint density at radius 2 is 1.67 bits per heavy atom. The van der Waals surface area contributed by atoms with Crippen molar-refractivity contribution in [3.63, 3.8) is 0 Å². The number of rotatable bonds is 5. The van der Waals surface area contributed by atoms with Crippen molar-refractivity contribution in [1.29, 1.82) is 5.26 Å². The molecule has 5 heteroatoms. The van der Waals surface area contributed by atoms with Crippen LogP contribution < -0.4 is 0 Å². The molecule has 4 nitrogen and oxygen atoms in total. The number of nitriles is 1. The summed E-state index contributed by atoms with van der Waals surface area (Å²) >= 11 is 0. The summed E-state index contributed by atoms with van der Waals surface area (Å²) in [5.74, 6) is -0.481. The first-order chi connectivity index (χ1) is 10.9. The van der Waals surface area contributed by atoms with Gasteiger partial charge in [-0.25, -0.2) is 4.79 Å². The summed E-state index contributed by atoms with van der Waals surface area (Å²) in [7, 11) is -2.01. The fraction of sp³-hybridized carbons (Fsp3) is 0.789. The number of carbonyl (C=O) groups excluding carboxylic acids is 1. The van der Waals surface area contributed by atoms with Crippen LogP contribution in [0.4, 0.5) is 0 Å². The van der Waals surface area contributed by atoms with Crippen LogP contribution in [-0.2, 0) is 14.0 Å². The lowest BCUT2D eigenvalue weighted by molar-refractivity contribution is -0.185. The van der Waals surface area contributed by atoms with Gasteiger partial charge in [-0.1, -0.05) is 40.0 Å². The van der Waals surface area contributed by atoms with E-state index in [0.717, 1.165) is 31.8 Å². The zero-order valence-corrected chi connectivity index (χ0v) is 17.4. The molecule has 0 saturated heterocycles. The van der Waals surface area contributed by atoms with E-state index < -0.39 is 25.5 Å². The van der Waals surface area contributed by atoms with Crippen molar-refractivity contribution in [3.05, 3.63) is 12.2 Å². The summed E-state index contributed by atoms with van der Waals surface area (Å²) in [5, 5.41) is 8.69. The van der Waals surface area contributed by atoms with Gasteiger partial charge in [-0.15, -0.1) is 0 Å². The topological polar surface area (TPSA) is 59.3 Å². The molecule has 0 unspecified atom stereocenters. The van der Waals surface area contributed by atoms with Crippen molar-refractivity contribution in [2.45, 2.75) is 96.1 Å². The molecule has 136 valence electrons. The van der Waals surface area contributed by atoms with E-state index in [4.69, 9.17) is 14.4 Å². The summed E-state index contributed by atoms with van der Waals surface area (Å²) in [6, 6.07) is 1.83. The highest BCUT2D eigenvalue weighted by Gasteiger charge is 2.54. The van der Waals surface area contributed by atoms with Crippen LogP contribution in [0.5, 0.6) is 0 Å². The van der Waals surface area contributed by atoms with Gasteiger partial charge in [0.15, 0.2) is 8.32 Å². The van der Waals surface area contributed by atoms with E-state index >= 15 is 0 Å². The Bertz CT molecular complexity index is 518. The van der Waals surface area contributed by atoms with Gasteiger partial charge in [0, 0.05) is 12.2 Å². The van der Waals surface area contributed by atoms with Crippen molar-refractivity contribution in [1.82, 2.24) is 0 Å². The molecule has 0 aromatic heterocycles. The van der Waals surface area contributed by atoms with Crippen LogP contribution in [0, 0.1) is 11.3 Å². The maximum Gasteiger partial charge on any atom is 0.332 e. The van der Waals surface area contributed by atoms with E-state index in [0.29, 0.717) is 0 Å². The zero-order chi connectivity index (χ0) is 18.6. The lowest BCUT2D eigenvalue weighted by atomic mass is 9.74. The molecule has 24 heavy (non-hydrogen) atoms. The predicted molar refractivity (Wildman–Crippen MR) is 99.0 cm³/mol. The molecule has 0 aromatic carbocycles. The molecule has 0 atom stereocenters. The number of hydrogen-bond donors (Lipinski definition) is 0. The lowest BCUT2D eigenvalue weighted by Crippen LogP contribution is -2.61. The minimum atomic E-state index is -2.01. The molecule has 1 rings (SSSR count). The van der Waals surface area contributed by atoms with Crippen molar-refractivity contribution in [2.24, 2.45) is 0 Å². The summed E-state index contributed by atoms with van der Waals surface area (Å²) < 4.78 is 12.6. The first-order valence-electron chi connectivity index (χ1n) is 8.86. The molecule has 0 aliphatic heterocycles. The Kier molecular flexibility index (Phi) is 6.46. The van der Waals surface area contributed by atoms with E-state index in [1.54, 1.807) is 0 Å². The minimum absolute atomic E-state index is 0.0955. The van der Waals surface area contributed by atoms with Crippen molar-refractivity contribution in [3.8, 4) is 6.07 Å². The quantitative estimate of drug-likeness (QED) is 0.299. The van der Waals surface area contributed by atoms with Gasteiger partial charge >= 0.3 is 5.97 Å². The van der Waals surface area contributed by atoms with Crippen LogP contribution >= 0.6 is 0 Å².